The van der Waals surface area contributed by atoms with Crippen LogP contribution in [-0.2, 0) is 9.53 Å². The van der Waals surface area contributed by atoms with Crippen LogP contribution in [0.5, 0.6) is 0 Å². The fourth-order valence-corrected chi connectivity index (χ4v) is 2.88. The van der Waals surface area contributed by atoms with E-state index in [1.54, 1.807) is 20.8 Å². The van der Waals surface area contributed by atoms with Crippen LogP contribution in [0.15, 0.2) is 0 Å². The highest BCUT2D eigenvalue weighted by Crippen LogP contribution is 2.47. The van der Waals surface area contributed by atoms with Gasteiger partial charge in [0.05, 0.1) is 5.92 Å². The highest BCUT2D eigenvalue weighted by molar-refractivity contribution is 5.73. The number of esters is 1. The Labute approximate surface area is 106 Å². The molecule has 104 valence electrons. The molecule has 0 amide bonds. The highest BCUT2D eigenvalue weighted by Gasteiger charge is 2.55. The molecule has 3 atom stereocenters. The Kier molecular flexibility index (Phi) is 3.38. The number of hydrogen-bond donors (Lipinski definition) is 1. The fraction of sp³-hybridized carbons (Fsp3) is 0.923. The van der Waals surface area contributed by atoms with Crippen molar-refractivity contribution in [2.75, 3.05) is 13.1 Å². The lowest BCUT2D eigenvalue weighted by atomic mass is 9.70. The third-order valence-corrected chi connectivity index (χ3v) is 3.75. The third-order valence-electron chi connectivity index (χ3n) is 3.75. The smallest absolute Gasteiger partial charge is 0.309 e. The summed E-state index contributed by atoms with van der Waals surface area (Å²) in [6, 6.07) is 0. The molecule has 1 heterocycles. The van der Waals surface area contributed by atoms with Crippen LogP contribution in [0.25, 0.3) is 0 Å². The molecule has 1 N–H and O–H groups in total. The van der Waals surface area contributed by atoms with Crippen molar-refractivity contribution in [3.8, 4) is 0 Å². The Bertz CT molecular complexity index is 322. The summed E-state index contributed by atoms with van der Waals surface area (Å²) in [4.78, 5) is 12.0. The number of hydrogen-bond acceptors (Lipinski definition) is 3. The molecule has 1 aliphatic heterocycles. The van der Waals surface area contributed by atoms with Crippen molar-refractivity contribution in [2.24, 2.45) is 17.8 Å². The number of carbonyl (C=O) groups is 1. The largest absolute Gasteiger partial charge is 0.460 e. The van der Waals surface area contributed by atoms with Gasteiger partial charge in [0.25, 0.3) is 5.92 Å². The minimum absolute atomic E-state index is 0.228. The average Bonchev–Trinajstić information content (AvgIpc) is 2.11. The Morgan fingerprint density at radius 2 is 1.72 bits per heavy atom. The SMILES string of the molecule is CC(C)(C)OC(=O)C1C[C@H]2CNC[C@@H](C1)C2(F)F. The third kappa shape index (κ3) is 2.66. The van der Waals surface area contributed by atoms with Crippen molar-refractivity contribution in [3.05, 3.63) is 0 Å². The second-order valence-corrected chi connectivity index (χ2v) is 6.43. The van der Waals surface area contributed by atoms with Crippen molar-refractivity contribution in [3.63, 3.8) is 0 Å². The van der Waals surface area contributed by atoms with E-state index in [1.807, 2.05) is 0 Å². The highest BCUT2D eigenvalue weighted by atomic mass is 19.3. The van der Waals surface area contributed by atoms with E-state index in [9.17, 15) is 13.6 Å². The second-order valence-electron chi connectivity index (χ2n) is 6.43. The molecule has 2 rings (SSSR count). The lowest BCUT2D eigenvalue weighted by Crippen LogP contribution is -2.56. The van der Waals surface area contributed by atoms with E-state index in [4.69, 9.17) is 4.74 Å². The first-order valence-corrected chi connectivity index (χ1v) is 6.51. The van der Waals surface area contributed by atoms with Gasteiger partial charge in [-0.3, -0.25) is 4.79 Å². The molecule has 18 heavy (non-hydrogen) atoms. The molecule has 1 saturated carbocycles. The maximum atomic E-state index is 13.9. The standard InChI is InChI=1S/C13H21F2NO2/c1-12(2,3)18-11(17)8-4-9-6-16-7-10(5-8)13(9,14)15/h8-10,16H,4-7H2,1-3H3/t8?,9-,10+. The zero-order valence-corrected chi connectivity index (χ0v) is 11.1. The molecule has 2 aliphatic rings. The van der Waals surface area contributed by atoms with Crippen LogP contribution in [-0.4, -0.2) is 30.6 Å². The monoisotopic (exact) mass is 261 g/mol. The molecule has 2 fully saturated rings. The fourth-order valence-electron chi connectivity index (χ4n) is 2.88. The van der Waals surface area contributed by atoms with Crippen LogP contribution in [0.3, 0.4) is 0 Å². The number of nitrogens with one attached hydrogen (secondary N) is 1. The van der Waals surface area contributed by atoms with Crippen molar-refractivity contribution in [2.45, 2.75) is 45.1 Å². The Morgan fingerprint density at radius 3 is 2.17 bits per heavy atom. The first-order valence-electron chi connectivity index (χ1n) is 6.51. The number of piperidine rings is 1. The number of carbonyl (C=O) groups excluding carboxylic acids is 1. The summed E-state index contributed by atoms with van der Waals surface area (Å²) >= 11 is 0. The van der Waals surface area contributed by atoms with Crippen LogP contribution in [0, 0.1) is 17.8 Å². The van der Waals surface area contributed by atoms with Crippen LogP contribution in [0.4, 0.5) is 8.78 Å². The summed E-state index contributed by atoms with van der Waals surface area (Å²) in [5, 5.41) is 3.02. The van der Waals surface area contributed by atoms with E-state index in [-0.39, 0.29) is 24.7 Å². The number of halogens is 2. The Hall–Kier alpha value is -0.710. The predicted molar refractivity (Wildman–Crippen MR) is 63.4 cm³/mol. The van der Waals surface area contributed by atoms with Crippen LogP contribution >= 0.6 is 0 Å². The normalized spacial score (nSPS) is 35.1. The molecule has 0 spiro atoms. The molecule has 0 aromatic heterocycles. The molecule has 1 saturated heterocycles. The maximum Gasteiger partial charge on any atom is 0.309 e. The van der Waals surface area contributed by atoms with Crippen molar-refractivity contribution >= 4 is 5.97 Å². The van der Waals surface area contributed by atoms with E-state index in [2.05, 4.69) is 5.32 Å². The molecule has 0 aromatic rings. The van der Waals surface area contributed by atoms with Gasteiger partial charge >= 0.3 is 5.97 Å². The Balaban J connectivity index is 2.04. The van der Waals surface area contributed by atoms with Gasteiger partial charge in [-0.25, -0.2) is 8.78 Å². The van der Waals surface area contributed by atoms with E-state index < -0.39 is 23.4 Å². The second kappa shape index (κ2) is 4.44. The molecular formula is C13H21F2NO2. The van der Waals surface area contributed by atoms with Crippen LogP contribution < -0.4 is 5.32 Å². The van der Waals surface area contributed by atoms with E-state index >= 15 is 0 Å². The van der Waals surface area contributed by atoms with Gasteiger partial charge in [0, 0.05) is 24.9 Å². The summed E-state index contributed by atoms with van der Waals surface area (Å²) in [5.74, 6) is -4.80. The van der Waals surface area contributed by atoms with E-state index in [1.165, 1.54) is 0 Å². The average molecular weight is 261 g/mol. The zero-order valence-electron chi connectivity index (χ0n) is 11.1. The van der Waals surface area contributed by atoms with Gasteiger partial charge in [0.2, 0.25) is 0 Å². The Morgan fingerprint density at radius 1 is 1.22 bits per heavy atom. The number of alkyl halides is 2. The van der Waals surface area contributed by atoms with E-state index in [0.717, 1.165) is 0 Å². The molecule has 3 nitrogen and oxygen atoms in total. The predicted octanol–water partition coefficient (Wildman–Crippen LogP) is 2.21. The summed E-state index contributed by atoms with van der Waals surface area (Å²) in [5.41, 5.74) is -0.551. The molecule has 1 aliphatic carbocycles. The minimum Gasteiger partial charge on any atom is -0.460 e. The lowest BCUT2D eigenvalue weighted by Gasteiger charge is -2.45. The molecule has 0 radical (unpaired) electrons. The number of ether oxygens (including phenoxy) is 1. The van der Waals surface area contributed by atoms with Crippen LogP contribution in [0.1, 0.15) is 33.6 Å². The van der Waals surface area contributed by atoms with E-state index in [0.29, 0.717) is 13.1 Å². The first kappa shape index (κ1) is 13.7. The van der Waals surface area contributed by atoms with Gasteiger partial charge in [-0.2, -0.15) is 0 Å². The summed E-state index contributed by atoms with van der Waals surface area (Å²) in [6.45, 7) is 5.98. The van der Waals surface area contributed by atoms with Gasteiger partial charge in [0.15, 0.2) is 0 Å². The summed E-state index contributed by atoms with van der Waals surface area (Å²) in [6.07, 6.45) is 0.455. The van der Waals surface area contributed by atoms with Crippen LogP contribution in [0.2, 0.25) is 0 Å². The topological polar surface area (TPSA) is 38.3 Å². The molecule has 1 unspecified atom stereocenters. The molecular weight excluding hydrogens is 240 g/mol. The first-order chi connectivity index (χ1) is 8.20. The van der Waals surface area contributed by atoms with Gasteiger partial charge in [0.1, 0.15) is 5.60 Å². The quantitative estimate of drug-likeness (QED) is 0.735. The number of fused-ring (bicyclic) bond motifs is 2. The zero-order chi connectivity index (χ0) is 13.6. The summed E-state index contributed by atoms with van der Waals surface area (Å²) in [7, 11) is 0. The molecule has 2 bridgehead atoms. The van der Waals surface area contributed by atoms with Crippen molar-refractivity contribution in [1.29, 1.82) is 0 Å². The maximum absolute atomic E-state index is 13.9. The molecule has 5 heteroatoms. The minimum atomic E-state index is -2.64. The van der Waals surface area contributed by atoms with Gasteiger partial charge < -0.3 is 10.1 Å². The van der Waals surface area contributed by atoms with Gasteiger partial charge in [-0.05, 0) is 33.6 Å². The van der Waals surface area contributed by atoms with Gasteiger partial charge in [-0.15, -0.1) is 0 Å². The lowest BCUT2D eigenvalue weighted by molar-refractivity contribution is -0.181. The number of rotatable bonds is 1. The molecule has 0 aromatic carbocycles. The van der Waals surface area contributed by atoms with Crippen molar-refractivity contribution in [1.82, 2.24) is 5.32 Å². The summed E-state index contributed by atoms with van der Waals surface area (Å²) < 4.78 is 33.1. The van der Waals surface area contributed by atoms with Crippen molar-refractivity contribution < 1.29 is 18.3 Å². The van der Waals surface area contributed by atoms with Gasteiger partial charge in [-0.1, -0.05) is 0 Å².